The molecule has 3 aromatic rings. The molecule has 0 amide bonds. The lowest BCUT2D eigenvalue weighted by Gasteiger charge is -2.20. The Morgan fingerprint density at radius 1 is 1.12 bits per heavy atom. The predicted octanol–water partition coefficient (Wildman–Crippen LogP) is 5.46. The maximum absolute atomic E-state index is 13.3. The van der Waals surface area contributed by atoms with Crippen molar-refractivity contribution >= 4 is 17.4 Å². The molecule has 1 aromatic heterocycles. The number of hydrogen-bond donors (Lipinski definition) is 1. The van der Waals surface area contributed by atoms with Gasteiger partial charge in [-0.3, -0.25) is 4.68 Å². The Hall–Kier alpha value is -2.27. The SMILES string of the molecule is CCc1nn(C)cc1NC(CCSc1ccccc1)c1ccc(F)cc1. The van der Waals surface area contributed by atoms with Crippen molar-refractivity contribution in [2.45, 2.75) is 30.7 Å². The fourth-order valence-corrected chi connectivity index (χ4v) is 3.87. The topological polar surface area (TPSA) is 29.9 Å². The Morgan fingerprint density at radius 2 is 1.85 bits per heavy atom. The summed E-state index contributed by atoms with van der Waals surface area (Å²) < 4.78 is 15.2. The van der Waals surface area contributed by atoms with Crippen molar-refractivity contribution in [3.05, 3.63) is 77.9 Å². The summed E-state index contributed by atoms with van der Waals surface area (Å²) in [7, 11) is 1.93. The molecular formula is C21H24FN3S. The number of nitrogens with zero attached hydrogens (tertiary/aromatic N) is 2. The quantitative estimate of drug-likeness (QED) is 0.535. The summed E-state index contributed by atoms with van der Waals surface area (Å²) in [5.74, 6) is 0.766. The first-order valence-electron chi connectivity index (χ1n) is 8.88. The highest BCUT2D eigenvalue weighted by Crippen LogP contribution is 2.28. The predicted molar refractivity (Wildman–Crippen MR) is 107 cm³/mol. The second-order valence-electron chi connectivity index (χ2n) is 6.22. The zero-order valence-electron chi connectivity index (χ0n) is 15.2. The third-order valence-corrected chi connectivity index (χ3v) is 5.31. The molecule has 1 heterocycles. The van der Waals surface area contributed by atoms with Crippen molar-refractivity contribution in [3.63, 3.8) is 0 Å². The maximum Gasteiger partial charge on any atom is 0.123 e. The number of benzene rings is 2. The second kappa shape index (κ2) is 8.90. The number of halogens is 1. The van der Waals surface area contributed by atoms with E-state index in [9.17, 15) is 4.39 Å². The van der Waals surface area contributed by atoms with E-state index in [4.69, 9.17) is 0 Å². The highest BCUT2D eigenvalue weighted by Gasteiger charge is 2.15. The van der Waals surface area contributed by atoms with Crippen molar-refractivity contribution in [3.8, 4) is 0 Å². The molecule has 0 saturated heterocycles. The Kier molecular flexibility index (Phi) is 6.34. The molecule has 1 unspecified atom stereocenters. The van der Waals surface area contributed by atoms with Gasteiger partial charge >= 0.3 is 0 Å². The van der Waals surface area contributed by atoms with Crippen molar-refractivity contribution in [2.75, 3.05) is 11.1 Å². The van der Waals surface area contributed by atoms with Gasteiger partial charge in [0.1, 0.15) is 5.82 Å². The monoisotopic (exact) mass is 369 g/mol. The van der Waals surface area contributed by atoms with Crippen LogP contribution in [0.4, 0.5) is 10.1 Å². The third kappa shape index (κ3) is 4.88. The van der Waals surface area contributed by atoms with Gasteiger partial charge in [-0.2, -0.15) is 5.10 Å². The van der Waals surface area contributed by atoms with Gasteiger partial charge in [-0.05, 0) is 42.7 Å². The summed E-state index contributed by atoms with van der Waals surface area (Å²) in [4.78, 5) is 1.26. The van der Waals surface area contributed by atoms with E-state index in [0.29, 0.717) is 0 Å². The summed E-state index contributed by atoms with van der Waals surface area (Å²) in [6.45, 7) is 2.10. The highest BCUT2D eigenvalue weighted by atomic mass is 32.2. The number of hydrogen-bond acceptors (Lipinski definition) is 3. The summed E-state index contributed by atoms with van der Waals surface area (Å²) in [5.41, 5.74) is 3.19. The van der Waals surface area contributed by atoms with Crippen LogP contribution >= 0.6 is 11.8 Å². The minimum absolute atomic E-state index is 0.112. The van der Waals surface area contributed by atoms with E-state index >= 15 is 0 Å². The van der Waals surface area contributed by atoms with E-state index in [0.717, 1.165) is 35.5 Å². The van der Waals surface area contributed by atoms with Gasteiger partial charge in [0.2, 0.25) is 0 Å². The van der Waals surface area contributed by atoms with E-state index in [1.807, 2.05) is 47.9 Å². The van der Waals surface area contributed by atoms with Crippen LogP contribution in [0.5, 0.6) is 0 Å². The van der Waals surface area contributed by atoms with Crippen LogP contribution in [0.2, 0.25) is 0 Å². The lowest BCUT2D eigenvalue weighted by atomic mass is 10.0. The van der Waals surface area contributed by atoms with Crippen molar-refractivity contribution in [1.29, 1.82) is 0 Å². The van der Waals surface area contributed by atoms with Gasteiger partial charge in [0, 0.05) is 23.9 Å². The van der Waals surface area contributed by atoms with Crippen LogP contribution in [0, 0.1) is 5.82 Å². The zero-order valence-corrected chi connectivity index (χ0v) is 16.0. The normalized spacial score (nSPS) is 12.1. The van der Waals surface area contributed by atoms with Crippen LogP contribution in [0.1, 0.15) is 30.6 Å². The first-order chi connectivity index (χ1) is 12.7. The molecule has 2 aromatic carbocycles. The highest BCUT2D eigenvalue weighted by molar-refractivity contribution is 7.99. The van der Waals surface area contributed by atoms with E-state index < -0.39 is 0 Å². The van der Waals surface area contributed by atoms with Gasteiger partial charge < -0.3 is 5.32 Å². The lowest BCUT2D eigenvalue weighted by molar-refractivity contribution is 0.625. The van der Waals surface area contributed by atoms with Crippen molar-refractivity contribution < 1.29 is 4.39 Å². The third-order valence-electron chi connectivity index (χ3n) is 4.26. The molecule has 0 aliphatic rings. The van der Waals surface area contributed by atoms with Gasteiger partial charge in [0.15, 0.2) is 0 Å². The van der Waals surface area contributed by atoms with Crippen LogP contribution in [-0.4, -0.2) is 15.5 Å². The average Bonchev–Trinajstić information content (AvgIpc) is 3.02. The minimum atomic E-state index is -0.207. The number of nitrogens with one attached hydrogen (secondary N) is 1. The number of aryl methyl sites for hydroxylation is 2. The first-order valence-corrected chi connectivity index (χ1v) is 9.86. The van der Waals surface area contributed by atoms with Gasteiger partial charge in [0.25, 0.3) is 0 Å². The fraction of sp³-hybridized carbons (Fsp3) is 0.286. The van der Waals surface area contributed by atoms with E-state index in [-0.39, 0.29) is 11.9 Å². The van der Waals surface area contributed by atoms with Crippen molar-refractivity contribution in [2.24, 2.45) is 7.05 Å². The van der Waals surface area contributed by atoms with Gasteiger partial charge in [0.05, 0.1) is 17.4 Å². The second-order valence-corrected chi connectivity index (χ2v) is 7.38. The Bertz CT molecular complexity index is 815. The largest absolute Gasteiger partial charge is 0.375 e. The van der Waals surface area contributed by atoms with E-state index in [1.165, 1.54) is 17.0 Å². The molecule has 0 spiro atoms. The summed E-state index contributed by atoms with van der Waals surface area (Å²) in [6, 6.07) is 17.3. The molecule has 0 aliphatic carbocycles. The smallest absolute Gasteiger partial charge is 0.123 e. The molecule has 1 N–H and O–H groups in total. The number of aromatic nitrogens is 2. The Balaban J connectivity index is 1.74. The fourth-order valence-electron chi connectivity index (χ4n) is 2.93. The van der Waals surface area contributed by atoms with Gasteiger partial charge in [-0.25, -0.2) is 4.39 Å². The number of rotatable bonds is 8. The van der Waals surface area contributed by atoms with Crippen LogP contribution in [0.3, 0.4) is 0 Å². The summed E-state index contributed by atoms with van der Waals surface area (Å²) in [6.07, 6.45) is 3.82. The molecule has 0 fully saturated rings. The molecule has 0 saturated carbocycles. The van der Waals surface area contributed by atoms with Gasteiger partial charge in [-0.15, -0.1) is 11.8 Å². The van der Waals surface area contributed by atoms with E-state index in [1.54, 1.807) is 0 Å². The van der Waals surface area contributed by atoms with Crippen molar-refractivity contribution in [1.82, 2.24) is 9.78 Å². The first kappa shape index (κ1) is 18.5. The lowest BCUT2D eigenvalue weighted by Crippen LogP contribution is -2.12. The molecular weight excluding hydrogens is 345 g/mol. The maximum atomic E-state index is 13.3. The summed E-state index contributed by atoms with van der Waals surface area (Å²) in [5, 5.41) is 8.13. The van der Waals surface area contributed by atoms with Crippen LogP contribution in [-0.2, 0) is 13.5 Å². The minimum Gasteiger partial charge on any atom is -0.375 e. The molecule has 5 heteroatoms. The number of thioether (sulfide) groups is 1. The zero-order chi connectivity index (χ0) is 18.4. The Morgan fingerprint density at radius 3 is 2.54 bits per heavy atom. The average molecular weight is 370 g/mol. The number of anilines is 1. The molecule has 3 nitrogen and oxygen atoms in total. The van der Waals surface area contributed by atoms with Crippen LogP contribution in [0.25, 0.3) is 0 Å². The van der Waals surface area contributed by atoms with Crippen LogP contribution < -0.4 is 5.32 Å². The van der Waals surface area contributed by atoms with E-state index in [2.05, 4.69) is 41.6 Å². The Labute approximate surface area is 158 Å². The summed E-state index contributed by atoms with van der Waals surface area (Å²) >= 11 is 1.84. The molecule has 1 atom stereocenters. The molecule has 136 valence electrons. The molecule has 0 aliphatic heterocycles. The molecule has 26 heavy (non-hydrogen) atoms. The molecule has 0 radical (unpaired) electrons. The molecule has 3 rings (SSSR count). The van der Waals surface area contributed by atoms with Crippen LogP contribution in [0.15, 0.2) is 65.7 Å². The van der Waals surface area contributed by atoms with Gasteiger partial charge in [-0.1, -0.05) is 37.3 Å². The standard InChI is InChI=1S/C21H24FN3S/c1-3-19-21(15-25(2)24-19)23-20(16-9-11-17(22)12-10-16)13-14-26-18-7-5-4-6-8-18/h4-12,15,20,23H,3,13-14H2,1-2H3. The molecule has 0 bridgehead atoms.